The maximum atomic E-state index is 13.5. The smallest absolute Gasteiger partial charge is 0.338 e. The number of ether oxygens (including phenoxy) is 1. The zero-order valence-corrected chi connectivity index (χ0v) is 21.1. The first-order chi connectivity index (χ1) is 17.8. The van der Waals surface area contributed by atoms with Crippen molar-refractivity contribution in [2.24, 2.45) is 0 Å². The number of nitrogens with one attached hydrogen (secondary N) is 2. The lowest BCUT2D eigenvalue weighted by Gasteiger charge is -2.24. The fourth-order valence-corrected chi connectivity index (χ4v) is 4.57. The van der Waals surface area contributed by atoms with Crippen LogP contribution in [-0.4, -0.2) is 46.5 Å². The summed E-state index contributed by atoms with van der Waals surface area (Å²) in [4.78, 5) is 52.6. The zero-order chi connectivity index (χ0) is 26.5. The Kier molecular flexibility index (Phi) is 7.89. The highest BCUT2D eigenvalue weighted by atomic mass is 32.1. The molecule has 2 N–H and O–H groups in total. The lowest BCUT2D eigenvalue weighted by Crippen LogP contribution is -2.49. The summed E-state index contributed by atoms with van der Waals surface area (Å²) >= 11 is 6.73. The van der Waals surface area contributed by atoms with Crippen molar-refractivity contribution < 1.29 is 28.3 Å². The van der Waals surface area contributed by atoms with Gasteiger partial charge < -0.3 is 10.1 Å². The lowest BCUT2D eigenvalue weighted by molar-refractivity contribution is -0.124. The van der Waals surface area contributed by atoms with E-state index in [4.69, 9.17) is 17.0 Å². The van der Waals surface area contributed by atoms with E-state index in [0.29, 0.717) is 21.8 Å². The average molecular weight is 541 g/mol. The van der Waals surface area contributed by atoms with Crippen LogP contribution in [0.25, 0.3) is 0 Å². The van der Waals surface area contributed by atoms with Crippen molar-refractivity contribution in [1.29, 1.82) is 0 Å². The largest absolute Gasteiger partial charge is 0.462 e. The highest BCUT2D eigenvalue weighted by molar-refractivity contribution is 7.80. The van der Waals surface area contributed by atoms with Gasteiger partial charge >= 0.3 is 5.97 Å². The van der Waals surface area contributed by atoms with Crippen LogP contribution >= 0.6 is 23.6 Å². The third-order valence-corrected chi connectivity index (χ3v) is 6.57. The highest BCUT2D eigenvalue weighted by Crippen LogP contribution is 2.27. The van der Waals surface area contributed by atoms with Crippen molar-refractivity contribution in [3.8, 4) is 0 Å². The Morgan fingerprint density at radius 1 is 1.08 bits per heavy atom. The normalized spacial score (nSPS) is 15.0. The standard InChI is InChI=1S/C25H21FN4O5S2/c1-2-35-24(34)15-5-11-18(12-6-15)29-23(33)19(14-21(31)27-17-9-7-16(26)8-10-17)30(25(29)36)28-22(32)20-4-3-13-37-20/h3-13,19H,2,14H2,1H3,(H,27,31)(H,28,32)/t19-/m0/s1. The molecule has 0 radical (unpaired) electrons. The summed E-state index contributed by atoms with van der Waals surface area (Å²) in [5.41, 5.74) is 3.62. The van der Waals surface area contributed by atoms with Crippen molar-refractivity contribution in [3.05, 3.63) is 82.3 Å². The first kappa shape index (κ1) is 25.9. The van der Waals surface area contributed by atoms with Gasteiger partial charge in [-0.25, -0.2) is 14.2 Å². The molecule has 3 amide bonds. The number of thiophene rings is 1. The van der Waals surface area contributed by atoms with Gasteiger partial charge in [0.1, 0.15) is 11.9 Å². The Bertz CT molecular complexity index is 1330. The van der Waals surface area contributed by atoms with E-state index in [-0.39, 0.29) is 18.1 Å². The maximum Gasteiger partial charge on any atom is 0.338 e. The second-order valence-corrected chi connectivity index (χ2v) is 9.10. The van der Waals surface area contributed by atoms with Crippen LogP contribution in [0.5, 0.6) is 0 Å². The molecule has 1 fully saturated rings. The molecule has 1 aromatic heterocycles. The molecule has 3 aromatic rings. The summed E-state index contributed by atoms with van der Waals surface area (Å²) in [5.74, 6) is -2.54. The van der Waals surface area contributed by atoms with E-state index in [2.05, 4.69) is 10.7 Å². The summed E-state index contributed by atoms with van der Waals surface area (Å²) in [7, 11) is 0. The lowest BCUT2D eigenvalue weighted by atomic mass is 10.1. The van der Waals surface area contributed by atoms with E-state index >= 15 is 0 Å². The summed E-state index contributed by atoms with van der Waals surface area (Å²) in [6.45, 7) is 1.91. The van der Waals surface area contributed by atoms with Crippen molar-refractivity contribution in [1.82, 2.24) is 10.4 Å². The SMILES string of the molecule is CCOC(=O)c1ccc(N2C(=O)[C@H](CC(=O)Nc3ccc(F)cc3)N(NC(=O)c3cccs3)C2=S)cc1. The molecule has 0 saturated carbocycles. The first-order valence-electron chi connectivity index (χ1n) is 11.1. The molecule has 0 aliphatic carbocycles. The van der Waals surface area contributed by atoms with E-state index in [1.807, 2.05) is 0 Å². The van der Waals surface area contributed by atoms with Crippen LogP contribution in [0.3, 0.4) is 0 Å². The highest BCUT2D eigenvalue weighted by Gasteiger charge is 2.45. The number of esters is 1. The quantitative estimate of drug-likeness (QED) is 0.331. The van der Waals surface area contributed by atoms with Crippen LogP contribution in [-0.2, 0) is 14.3 Å². The van der Waals surface area contributed by atoms with E-state index < -0.39 is 35.5 Å². The number of thiocarbonyl (C=S) groups is 1. The summed E-state index contributed by atoms with van der Waals surface area (Å²) in [5, 5.41) is 5.48. The topological polar surface area (TPSA) is 108 Å². The van der Waals surface area contributed by atoms with Crippen LogP contribution in [0.15, 0.2) is 66.0 Å². The molecule has 0 bridgehead atoms. The van der Waals surface area contributed by atoms with E-state index in [1.165, 1.54) is 69.8 Å². The third kappa shape index (κ3) is 5.81. The Balaban J connectivity index is 1.58. The van der Waals surface area contributed by atoms with Crippen molar-refractivity contribution in [2.45, 2.75) is 19.4 Å². The Morgan fingerprint density at radius 2 is 1.78 bits per heavy atom. The van der Waals surface area contributed by atoms with Gasteiger partial charge in [-0.1, -0.05) is 6.07 Å². The van der Waals surface area contributed by atoms with Gasteiger partial charge in [0.15, 0.2) is 0 Å². The molecule has 2 aromatic carbocycles. The minimum absolute atomic E-state index is 0.0432. The van der Waals surface area contributed by atoms with Gasteiger partial charge in [-0.2, -0.15) is 0 Å². The number of rotatable bonds is 8. The maximum absolute atomic E-state index is 13.5. The van der Waals surface area contributed by atoms with Gasteiger partial charge in [0.2, 0.25) is 11.0 Å². The number of anilines is 2. The minimum Gasteiger partial charge on any atom is -0.462 e. The molecule has 1 aliphatic heterocycles. The van der Waals surface area contributed by atoms with Gasteiger partial charge in [0.05, 0.1) is 29.2 Å². The van der Waals surface area contributed by atoms with Crippen molar-refractivity contribution in [2.75, 3.05) is 16.8 Å². The summed E-state index contributed by atoms with van der Waals surface area (Å²) in [6, 6.07) is 13.4. The number of carbonyl (C=O) groups excluding carboxylic acids is 4. The number of hydrogen-bond acceptors (Lipinski definition) is 7. The van der Waals surface area contributed by atoms with Crippen molar-refractivity contribution in [3.63, 3.8) is 0 Å². The molecule has 190 valence electrons. The number of benzene rings is 2. The molecular formula is C25H21FN4O5S2. The second kappa shape index (κ2) is 11.3. The Labute approximate surface area is 220 Å². The number of nitrogens with zero attached hydrogens (tertiary/aromatic N) is 2. The summed E-state index contributed by atoms with van der Waals surface area (Å²) < 4.78 is 18.2. The van der Waals surface area contributed by atoms with Crippen LogP contribution < -0.4 is 15.6 Å². The number of carbonyl (C=O) groups is 4. The number of amides is 3. The van der Waals surface area contributed by atoms with Crippen molar-refractivity contribution >= 4 is 63.7 Å². The molecular weight excluding hydrogens is 519 g/mol. The van der Waals surface area contributed by atoms with Gasteiger partial charge in [-0.15, -0.1) is 11.3 Å². The van der Waals surface area contributed by atoms with Crippen LogP contribution in [0, 0.1) is 5.82 Å². The van der Waals surface area contributed by atoms with E-state index in [0.717, 1.165) is 0 Å². The molecule has 4 rings (SSSR count). The Morgan fingerprint density at radius 3 is 2.41 bits per heavy atom. The summed E-state index contributed by atoms with van der Waals surface area (Å²) in [6.07, 6.45) is -0.349. The van der Waals surface area contributed by atoms with Gasteiger partial charge in [-0.05, 0) is 79.1 Å². The van der Waals surface area contributed by atoms with E-state index in [1.54, 1.807) is 24.4 Å². The molecule has 1 saturated heterocycles. The van der Waals surface area contributed by atoms with Crippen LogP contribution in [0.4, 0.5) is 15.8 Å². The predicted molar refractivity (Wildman–Crippen MR) is 140 cm³/mol. The molecule has 37 heavy (non-hydrogen) atoms. The number of hydrazine groups is 1. The second-order valence-electron chi connectivity index (χ2n) is 7.79. The van der Waals surface area contributed by atoms with Gasteiger partial charge in [-0.3, -0.25) is 24.7 Å². The molecule has 1 aliphatic rings. The monoisotopic (exact) mass is 540 g/mol. The number of hydrogen-bond donors (Lipinski definition) is 2. The Hall–Kier alpha value is -4.16. The fraction of sp³-hybridized carbons (Fsp3) is 0.160. The molecule has 0 spiro atoms. The van der Waals surface area contributed by atoms with Crippen LogP contribution in [0.2, 0.25) is 0 Å². The molecule has 2 heterocycles. The minimum atomic E-state index is -1.15. The fourth-order valence-electron chi connectivity index (χ4n) is 3.59. The van der Waals surface area contributed by atoms with Crippen LogP contribution in [0.1, 0.15) is 33.4 Å². The first-order valence-corrected chi connectivity index (χ1v) is 12.4. The molecule has 12 heteroatoms. The molecule has 0 unspecified atom stereocenters. The number of halogens is 1. The third-order valence-electron chi connectivity index (χ3n) is 5.32. The van der Waals surface area contributed by atoms with Gasteiger partial charge in [0.25, 0.3) is 11.8 Å². The molecule has 1 atom stereocenters. The van der Waals surface area contributed by atoms with E-state index in [9.17, 15) is 23.6 Å². The van der Waals surface area contributed by atoms with Gasteiger partial charge in [0, 0.05) is 5.69 Å². The predicted octanol–water partition coefficient (Wildman–Crippen LogP) is 3.74. The molecule has 9 nitrogen and oxygen atoms in total. The average Bonchev–Trinajstić information content (AvgIpc) is 3.49. The zero-order valence-electron chi connectivity index (χ0n) is 19.5.